The van der Waals surface area contributed by atoms with Crippen LogP contribution in [0.1, 0.15) is 40.5 Å². The van der Waals surface area contributed by atoms with E-state index in [2.05, 4.69) is 0 Å². The van der Waals surface area contributed by atoms with Gasteiger partial charge in [0.25, 0.3) is 0 Å². The van der Waals surface area contributed by atoms with Crippen molar-refractivity contribution in [3.8, 4) is 0 Å². The van der Waals surface area contributed by atoms with E-state index in [4.69, 9.17) is 0 Å². The van der Waals surface area contributed by atoms with Gasteiger partial charge in [-0.25, -0.2) is 0 Å². The minimum Gasteiger partial charge on any atom is -0.392 e. The fourth-order valence-corrected chi connectivity index (χ4v) is 4.83. The molecule has 0 aromatic rings. The van der Waals surface area contributed by atoms with Crippen LogP contribution in [0.5, 0.6) is 0 Å². The van der Waals surface area contributed by atoms with Crippen LogP contribution in [0.4, 0.5) is 0 Å². The van der Waals surface area contributed by atoms with Gasteiger partial charge in [-0.1, -0.05) is 31.6 Å². The van der Waals surface area contributed by atoms with Gasteiger partial charge in [0, 0.05) is 30.3 Å². The van der Waals surface area contributed by atoms with Crippen molar-refractivity contribution in [1.82, 2.24) is 0 Å². The SMILES string of the molecule is CC(C)=C1C(=O)C[C@@H](C)[C@]2(O)C3=CC(C)C(=O)[C@@]3(O)CC(CO)=C[C@@H]12. The van der Waals surface area contributed by atoms with Crippen LogP contribution in [-0.2, 0) is 9.59 Å². The van der Waals surface area contributed by atoms with E-state index in [0.717, 1.165) is 5.57 Å². The van der Waals surface area contributed by atoms with Crippen LogP contribution in [0, 0.1) is 17.8 Å². The van der Waals surface area contributed by atoms with Crippen molar-refractivity contribution in [2.45, 2.75) is 51.7 Å². The van der Waals surface area contributed by atoms with Crippen LogP contribution in [0.25, 0.3) is 0 Å². The lowest BCUT2D eigenvalue weighted by Crippen LogP contribution is -2.56. The predicted octanol–water partition coefficient (Wildman–Crippen LogP) is 1.48. The quantitative estimate of drug-likeness (QED) is 0.494. The Morgan fingerprint density at radius 2 is 1.84 bits per heavy atom. The maximum atomic E-state index is 12.7. The molecule has 5 nitrogen and oxygen atoms in total. The molecule has 3 N–H and O–H groups in total. The van der Waals surface area contributed by atoms with E-state index in [1.807, 2.05) is 13.8 Å². The minimum absolute atomic E-state index is 0.0286. The van der Waals surface area contributed by atoms with Gasteiger partial charge in [-0.2, -0.15) is 0 Å². The Balaban J connectivity index is 2.32. The zero-order valence-electron chi connectivity index (χ0n) is 15.2. The third kappa shape index (κ3) is 2.33. The summed E-state index contributed by atoms with van der Waals surface area (Å²) in [5.74, 6) is -2.02. The Hall–Kier alpha value is -1.56. The minimum atomic E-state index is -1.82. The highest BCUT2D eigenvalue weighted by molar-refractivity contribution is 6.01. The first-order chi connectivity index (χ1) is 11.6. The van der Waals surface area contributed by atoms with E-state index < -0.39 is 29.0 Å². The van der Waals surface area contributed by atoms with Crippen molar-refractivity contribution in [2.75, 3.05) is 6.61 Å². The van der Waals surface area contributed by atoms with Crippen molar-refractivity contribution in [1.29, 1.82) is 0 Å². The Kier molecular flexibility index (Phi) is 4.18. The molecule has 0 heterocycles. The molecule has 5 atom stereocenters. The van der Waals surface area contributed by atoms with Crippen molar-refractivity contribution in [2.24, 2.45) is 17.8 Å². The van der Waals surface area contributed by atoms with Crippen LogP contribution in [0.3, 0.4) is 0 Å². The molecule has 3 aliphatic rings. The average molecular weight is 346 g/mol. The number of rotatable bonds is 1. The monoisotopic (exact) mass is 346 g/mol. The molecule has 0 spiro atoms. The summed E-state index contributed by atoms with van der Waals surface area (Å²) in [6, 6.07) is 0. The highest BCUT2D eigenvalue weighted by Gasteiger charge is 2.62. The lowest BCUT2D eigenvalue weighted by molar-refractivity contribution is -0.138. The van der Waals surface area contributed by atoms with Crippen LogP contribution in [0.15, 0.2) is 34.4 Å². The molecular formula is C20H26O5. The summed E-state index contributed by atoms with van der Waals surface area (Å²) in [7, 11) is 0. The highest BCUT2D eigenvalue weighted by Crippen LogP contribution is 2.55. The summed E-state index contributed by atoms with van der Waals surface area (Å²) >= 11 is 0. The topological polar surface area (TPSA) is 94.8 Å². The molecule has 0 saturated heterocycles. The number of hydrogen-bond donors (Lipinski definition) is 3. The maximum absolute atomic E-state index is 12.7. The molecule has 1 saturated carbocycles. The van der Waals surface area contributed by atoms with Gasteiger partial charge in [-0.05, 0) is 30.9 Å². The van der Waals surface area contributed by atoms with E-state index in [0.29, 0.717) is 16.7 Å². The van der Waals surface area contributed by atoms with Gasteiger partial charge in [0.1, 0.15) is 5.60 Å². The molecule has 3 aliphatic carbocycles. The smallest absolute Gasteiger partial charge is 0.175 e. The van der Waals surface area contributed by atoms with Crippen LogP contribution in [0.2, 0.25) is 0 Å². The molecule has 0 radical (unpaired) electrons. The molecule has 25 heavy (non-hydrogen) atoms. The number of hydrogen-bond acceptors (Lipinski definition) is 5. The number of carbonyl (C=O) groups excluding carboxylic acids is 2. The molecule has 0 bridgehead atoms. The zero-order chi connectivity index (χ0) is 18.7. The first kappa shape index (κ1) is 18.2. The third-order valence-electron chi connectivity index (χ3n) is 6.07. The van der Waals surface area contributed by atoms with E-state index in [9.17, 15) is 24.9 Å². The molecule has 3 rings (SSSR count). The zero-order valence-corrected chi connectivity index (χ0v) is 15.2. The summed E-state index contributed by atoms with van der Waals surface area (Å²) in [6.45, 7) is 6.79. The summed E-state index contributed by atoms with van der Waals surface area (Å²) in [6.07, 6.45) is 3.45. The molecule has 1 unspecified atom stereocenters. The van der Waals surface area contributed by atoms with Gasteiger partial charge in [-0.15, -0.1) is 0 Å². The van der Waals surface area contributed by atoms with Crippen molar-refractivity contribution < 1.29 is 24.9 Å². The summed E-state index contributed by atoms with van der Waals surface area (Å²) in [4.78, 5) is 25.3. The van der Waals surface area contributed by atoms with Gasteiger partial charge in [-0.3, -0.25) is 9.59 Å². The number of aliphatic hydroxyl groups excluding tert-OH is 1. The Morgan fingerprint density at radius 1 is 1.20 bits per heavy atom. The maximum Gasteiger partial charge on any atom is 0.175 e. The molecule has 0 aromatic heterocycles. The van der Waals surface area contributed by atoms with Gasteiger partial charge < -0.3 is 15.3 Å². The lowest BCUT2D eigenvalue weighted by Gasteiger charge is -2.47. The Morgan fingerprint density at radius 3 is 2.40 bits per heavy atom. The standard InChI is InChI=1S/C20H26O5/c1-10(2)17-14-7-13(9-21)8-19(24)16(5-11(3)18(19)23)20(14,25)12(4)6-15(17)22/h5,7,11-12,14,21,24-25H,6,8-9H2,1-4H3/t11?,12-,14+,19-,20-/m1/s1. The third-order valence-corrected chi connectivity index (χ3v) is 6.07. The van der Waals surface area contributed by atoms with Gasteiger partial charge >= 0.3 is 0 Å². The summed E-state index contributed by atoms with van der Waals surface area (Å²) in [5, 5.41) is 32.7. The van der Waals surface area contributed by atoms with Crippen LogP contribution >= 0.6 is 0 Å². The van der Waals surface area contributed by atoms with Gasteiger partial charge in [0.15, 0.2) is 17.2 Å². The van der Waals surface area contributed by atoms with Crippen molar-refractivity contribution in [3.05, 3.63) is 34.4 Å². The largest absolute Gasteiger partial charge is 0.392 e. The fourth-order valence-electron chi connectivity index (χ4n) is 4.83. The number of carbonyl (C=O) groups is 2. The normalized spacial score (nSPS) is 40.9. The fraction of sp³-hybridized carbons (Fsp3) is 0.600. The van der Waals surface area contributed by atoms with Gasteiger partial charge in [0.2, 0.25) is 0 Å². The number of allylic oxidation sites excluding steroid dienone is 2. The van der Waals surface area contributed by atoms with E-state index >= 15 is 0 Å². The summed E-state index contributed by atoms with van der Waals surface area (Å²) in [5.41, 5.74) is -1.26. The molecule has 136 valence electrons. The van der Waals surface area contributed by atoms with E-state index in [1.165, 1.54) is 0 Å². The molecule has 0 aliphatic heterocycles. The molecule has 1 fully saturated rings. The second kappa shape index (κ2) is 5.73. The number of ketones is 2. The molecule has 0 aromatic carbocycles. The molecule has 0 amide bonds. The van der Waals surface area contributed by atoms with Crippen molar-refractivity contribution >= 4 is 11.6 Å². The Bertz CT molecular complexity index is 739. The average Bonchev–Trinajstić information content (AvgIpc) is 2.69. The highest BCUT2D eigenvalue weighted by atomic mass is 16.3. The van der Waals surface area contributed by atoms with Crippen molar-refractivity contribution in [3.63, 3.8) is 0 Å². The lowest BCUT2D eigenvalue weighted by atomic mass is 9.60. The second-order valence-corrected chi connectivity index (χ2v) is 8.00. The predicted molar refractivity (Wildman–Crippen MR) is 92.6 cm³/mol. The van der Waals surface area contributed by atoms with Crippen LogP contribution in [-0.4, -0.2) is 44.7 Å². The van der Waals surface area contributed by atoms with Gasteiger partial charge in [0.05, 0.1) is 6.61 Å². The van der Waals surface area contributed by atoms with Crippen LogP contribution < -0.4 is 0 Å². The molecular weight excluding hydrogens is 320 g/mol. The number of aliphatic hydroxyl groups is 3. The Labute approximate surface area is 147 Å². The summed E-state index contributed by atoms with van der Waals surface area (Å²) < 4.78 is 0. The second-order valence-electron chi connectivity index (χ2n) is 8.00. The number of fused-ring (bicyclic) bond motifs is 3. The molecule has 5 heteroatoms. The first-order valence-electron chi connectivity index (χ1n) is 8.80. The van der Waals surface area contributed by atoms with E-state index in [1.54, 1.807) is 26.0 Å². The first-order valence-corrected chi connectivity index (χ1v) is 8.80. The number of Topliss-reactive ketones (excluding diaryl/α,β-unsaturated/α-hetero) is 2. The van der Waals surface area contributed by atoms with E-state index in [-0.39, 0.29) is 31.0 Å².